The van der Waals surface area contributed by atoms with Crippen LogP contribution in [0, 0.1) is 0 Å². The van der Waals surface area contributed by atoms with Crippen LogP contribution in [0.3, 0.4) is 0 Å². The third-order valence-electron chi connectivity index (χ3n) is 7.07. The van der Waals surface area contributed by atoms with Crippen molar-refractivity contribution < 1.29 is 14.3 Å². The van der Waals surface area contributed by atoms with Crippen molar-refractivity contribution >= 4 is 38.9 Å². The van der Waals surface area contributed by atoms with Gasteiger partial charge in [-0.15, -0.1) is 11.3 Å². The predicted octanol–water partition coefficient (Wildman–Crippen LogP) is 5.03. The number of para-hydroxylation sites is 1. The van der Waals surface area contributed by atoms with Crippen LogP contribution in [0.4, 0.5) is 5.69 Å². The molecule has 7 heteroatoms. The highest BCUT2D eigenvalue weighted by molar-refractivity contribution is 7.19. The average molecular weight is 498 g/mol. The minimum Gasteiger partial charge on any atom is -0.496 e. The average Bonchev–Trinajstić information content (AvgIpc) is 3.44. The number of hydrogen-bond donors (Lipinski definition) is 0. The summed E-state index contributed by atoms with van der Waals surface area (Å²) >= 11 is 1.63. The SMILES string of the molecule is COc1ccccc1CN1CCN(c2cccc3c2C(=O)N(Cc2cc4ccccc4s2)C3=O)CC1. The van der Waals surface area contributed by atoms with Crippen LogP contribution in [0.25, 0.3) is 10.1 Å². The molecule has 2 amide bonds. The number of carbonyl (C=O) groups excluding carboxylic acids is 2. The van der Waals surface area contributed by atoms with E-state index < -0.39 is 0 Å². The number of thiophene rings is 1. The van der Waals surface area contributed by atoms with Crippen LogP contribution in [-0.2, 0) is 13.1 Å². The number of imide groups is 1. The summed E-state index contributed by atoms with van der Waals surface area (Å²) in [5.74, 6) is 0.507. The van der Waals surface area contributed by atoms with Gasteiger partial charge in [-0.05, 0) is 35.7 Å². The molecular weight excluding hydrogens is 470 g/mol. The van der Waals surface area contributed by atoms with Crippen molar-refractivity contribution in [2.75, 3.05) is 38.2 Å². The summed E-state index contributed by atoms with van der Waals surface area (Å²) in [4.78, 5) is 33.8. The van der Waals surface area contributed by atoms with Crippen molar-refractivity contribution in [3.8, 4) is 5.75 Å². The Morgan fingerprint density at radius 3 is 2.42 bits per heavy atom. The Morgan fingerprint density at radius 2 is 1.61 bits per heavy atom. The van der Waals surface area contributed by atoms with E-state index in [1.54, 1.807) is 24.5 Å². The van der Waals surface area contributed by atoms with Crippen molar-refractivity contribution in [1.82, 2.24) is 9.80 Å². The van der Waals surface area contributed by atoms with Crippen LogP contribution >= 0.6 is 11.3 Å². The Labute approximate surface area is 214 Å². The zero-order valence-corrected chi connectivity index (χ0v) is 21.0. The van der Waals surface area contributed by atoms with E-state index in [0.29, 0.717) is 17.7 Å². The number of hydrogen-bond acceptors (Lipinski definition) is 6. The van der Waals surface area contributed by atoms with E-state index >= 15 is 0 Å². The van der Waals surface area contributed by atoms with Gasteiger partial charge in [0.1, 0.15) is 5.75 Å². The van der Waals surface area contributed by atoms with Gasteiger partial charge >= 0.3 is 0 Å². The van der Waals surface area contributed by atoms with E-state index in [-0.39, 0.29) is 11.8 Å². The van der Waals surface area contributed by atoms with E-state index in [2.05, 4.69) is 34.1 Å². The highest BCUT2D eigenvalue weighted by Crippen LogP contribution is 2.35. The van der Waals surface area contributed by atoms with Crippen molar-refractivity contribution in [3.05, 3.63) is 94.4 Å². The molecule has 6 nitrogen and oxygen atoms in total. The molecule has 0 atom stereocenters. The summed E-state index contributed by atoms with van der Waals surface area (Å²) in [6, 6.07) is 24.0. The fourth-order valence-corrected chi connectivity index (χ4v) is 6.27. The lowest BCUT2D eigenvalue weighted by atomic mass is 10.1. The Morgan fingerprint density at radius 1 is 0.833 bits per heavy atom. The third kappa shape index (κ3) is 4.04. The third-order valence-corrected chi connectivity index (χ3v) is 8.17. The lowest BCUT2D eigenvalue weighted by Crippen LogP contribution is -2.46. The smallest absolute Gasteiger partial charge is 0.264 e. The van der Waals surface area contributed by atoms with Crippen LogP contribution in [0.5, 0.6) is 5.75 Å². The summed E-state index contributed by atoms with van der Waals surface area (Å²) in [6.45, 7) is 4.46. The molecule has 0 radical (unpaired) electrons. The summed E-state index contributed by atoms with van der Waals surface area (Å²) in [5, 5.41) is 1.14. The minimum atomic E-state index is -0.205. The van der Waals surface area contributed by atoms with Crippen molar-refractivity contribution in [3.63, 3.8) is 0 Å². The molecule has 0 bridgehead atoms. The fourth-order valence-electron chi connectivity index (χ4n) is 5.21. The molecule has 6 rings (SSSR count). The molecule has 1 saturated heterocycles. The largest absolute Gasteiger partial charge is 0.496 e. The molecule has 0 aliphatic carbocycles. The Bertz CT molecular complexity index is 1420. The first-order valence-electron chi connectivity index (χ1n) is 12.2. The van der Waals surface area contributed by atoms with Crippen LogP contribution in [0.2, 0.25) is 0 Å². The number of rotatable bonds is 6. The molecule has 0 saturated carbocycles. The first kappa shape index (κ1) is 22.8. The molecule has 3 aromatic carbocycles. The first-order chi connectivity index (χ1) is 17.6. The molecule has 0 spiro atoms. The highest BCUT2D eigenvalue weighted by atomic mass is 32.1. The summed E-state index contributed by atoms with van der Waals surface area (Å²) in [6.07, 6.45) is 0. The molecular formula is C29H27N3O3S. The van der Waals surface area contributed by atoms with Gasteiger partial charge in [-0.1, -0.05) is 42.5 Å². The second-order valence-corrected chi connectivity index (χ2v) is 10.4. The van der Waals surface area contributed by atoms with Gasteiger partial charge in [0.15, 0.2) is 0 Å². The Kier molecular flexibility index (Phi) is 5.95. The molecule has 36 heavy (non-hydrogen) atoms. The number of methoxy groups -OCH3 is 1. The lowest BCUT2D eigenvalue weighted by Gasteiger charge is -2.36. The second kappa shape index (κ2) is 9.41. The fraction of sp³-hybridized carbons (Fsp3) is 0.241. The molecule has 0 unspecified atom stereocenters. The maximum absolute atomic E-state index is 13.5. The zero-order chi connectivity index (χ0) is 24.6. The zero-order valence-electron chi connectivity index (χ0n) is 20.1. The number of piperazine rings is 1. The van der Waals surface area contributed by atoms with Gasteiger partial charge in [-0.2, -0.15) is 0 Å². The second-order valence-electron chi connectivity index (χ2n) is 9.22. The lowest BCUT2D eigenvalue weighted by molar-refractivity contribution is 0.0644. The molecule has 4 aromatic rings. The summed E-state index contributed by atoms with van der Waals surface area (Å²) in [7, 11) is 1.70. The maximum atomic E-state index is 13.5. The van der Waals surface area contributed by atoms with Crippen LogP contribution < -0.4 is 9.64 Å². The molecule has 0 N–H and O–H groups in total. The number of benzene rings is 3. The molecule has 1 fully saturated rings. The standard InChI is InChI=1S/C29H27N3O3S/c1-35-25-11-4-2-8-21(25)18-30-13-15-31(16-14-30)24-10-6-9-23-27(24)29(34)32(28(23)33)19-22-17-20-7-3-5-12-26(20)36-22/h2-12,17H,13-16,18-19H2,1H3. The van der Waals surface area contributed by atoms with Crippen molar-refractivity contribution in [1.29, 1.82) is 0 Å². The molecule has 3 heterocycles. The number of carbonyl (C=O) groups is 2. The van der Waals surface area contributed by atoms with E-state index in [9.17, 15) is 9.59 Å². The van der Waals surface area contributed by atoms with Gasteiger partial charge < -0.3 is 9.64 Å². The van der Waals surface area contributed by atoms with Crippen LogP contribution in [-0.4, -0.2) is 54.9 Å². The predicted molar refractivity (Wildman–Crippen MR) is 143 cm³/mol. The van der Waals surface area contributed by atoms with Crippen LogP contribution in [0.1, 0.15) is 31.2 Å². The monoisotopic (exact) mass is 497 g/mol. The van der Waals surface area contributed by atoms with Gasteiger partial charge in [0.25, 0.3) is 11.8 Å². The molecule has 182 valence electrons. The minimum absolute atomic E-state index is 0.195. The number of ether oxygens (including phenoxy) is 1. The molecule has 1 aromatic heterocycles. The van der Waals surface area contributed by atoms with E-state index in [4.69, 9.17) is 4.74 Å². The quantitative estimate of drug-likeness (QED) is 0.350. The number of amides is 2. The first-order valence-corrected chi connectivity index (χ1v) is 13.0. The highest BCUT2D eigenvalue weighted by Gasteiger charge is 2.39. The Hall–Kier alpha value is -3.68. The van der Waals surface area contributed by atoms with Crippen molar-refractivity contribution in [2.24, 2.45) is 0 Å². The van der Waals surface area contributed by atoms with Crippen LogP contribution in [0.15, 0.2) is 72.8 Å². The number of nitrogens with zero attached hydrogens (tertiary/aromatic N) is 3. The van der Waals surface area contributed by atoms with E-state index in [1.807, 2.05) is 42.5 Å². The van der Waals surface area contributed by atoms with Gasteiger partial charge in [0.2, 0.25) is 0 Å². The van der Waals surface area contributed by atoms with Gasteiger partial charge in [0.05, 0.1) is 30.5 Å². The summed E-state index contributed by atoms with van der Waals surface area (Å²) < 4.78 is 6.67. The van der Waals surface area contributed by atoms with Gasteiger partial charge in [0, 0.05) is 47.9 Å². The Balaban J connectivity index is 1.18. The number of anilines is 1. The molecule has 2 aliphatic heterocycles. The van der Waals surface area contributed by atoms with Crippen molar-refractivity contribution in [2.45, 2.75) is 13.1 Å². The topological polar surface area (TPSA) is 53.1 Å². The molecule has 2 aliphatic rings. The van der Waals surface area contributed by atoms with Gasteiger partial charge in [-0.25, -0.2) is 0 Å². The normalized spacial score (nSPS) is 16.1. The maximum Gasteiger partial charge on any atom is 0.264 e. The van der Waals surface area contributed by atoms with Gasteiger partial charge in [-0.3, -0.25) is 19.4 Å². The van der Waals surface area contributed by atoms with E-state index in [0.717, 1.165) is 59.1 Å². The summed E-state index contributed by atoms with van der Waals surface area (Å²) in [5.41, 5.74) is 3.09. The number of fused-ring (bicyclic) bond motifs is 2. The van der Waals surface area contributed by atoms with E-state index in [1.165, 1.54) is 10.5 Å².